The number of aromatic nitrogens is 2. The minimum Gasteiger partial charge on any atom is -0.472 e. The van der Waals surface area contributed by atoms with Crippen molar-refractivity contribution in [3.05, 3.63) is 47.7 Å². The number of ether oxygens (including phenoxy) is 1. The molecule has 1 heterocycles. The third-order valence-electron chi connectivity index (χ3n) is 2.26. The van der Waals surface area contributed by atoms with E-state index >= 15 is 0 Å². The van der Waals surface area contributed by atoms with Crippen LogP contribution in [0.3, 0.4) is 0 Å². The lowest BCUT2D eigenvalue weighted by atomic mass is 10.2. The minimum absolute atomic E-state index is 0.106. The third kappa shape index (κ3) is 2.94. The molecule has 2 rings (SSSR count). The summed E-state index contributed by atoms with van der Waals surface area (Å²) in [5, 5.41) is 7.37. The van der Waals surface area contributed by atoms with Gasteiger partial charge in [0.2, 0.25) is 5.88 Å². The summed E-state index contributed by atoms with van der Waals surface area (Å²) in [6.45, 7) is 0.352. The molecule has 6 heteroatoms. The van der Waals surface area contributed by atoms with Crippen LogP contribution in [-0.2, 0) is 6.61 Å². The molecule has 4 N–H and O–H groups in total. The monoisotopic (exact) mass is 244 g/mol. The summed E-state index contributed by atoms with van der Waals surface area (Å²) >= 11 is 0. The predicted molar refractivity (Wildman–Crippen MR) is 65.7 cm³/mol. The van der Waals surface area contributed by atoms with Crippen molar-refractivity contribution in [2.45, 2.75) is 6.61 Å². The maximum Gasteiger partial charge on any atom is 0.269 e. The van der Waals surface area contributed by atoms with Crippen molar-refractivity contribution in [2.24, 2.45) is 5.73 Å². The quantitative estimate of drug-likeness (QED) is 0.772. The number of benzene rings is 1. The van der Waals surface area contributed by atoms with Crippen LogP contribution < -0.4 is 16.2 Å². The van der Waals surface area contributed by atoms with Crippen LogP contribution in [0.4, 0.5) is 5.69 Å². The number of nitrogens with zero attached hydrogens (tertiary/aromatic N) is 2. The molecule has 0 fully saturated rings. The molecule has 0 spiro atoms. The highest BCUT2D eigenvalue weighted by atomic mass is 16.5. The average Bonchev–Trinajstić information content (AvgIpc) is 2.38. The molecule has 0 saturated heterocycles. The molecule has 1 aromatic carbocycles. The number of nitrogen functional groups attached to an aromatic ring is 1. The lowest BCUT2D eigenvalue weighted by molar-refractivity contribution is 0.0994. The van der Waals surface area contributed by atoms with E-state index in [1.54, 1.807) is 18.2 Å². The van der Waals surface area contributed by atoms with Gasteiger partial charge in [0.05, 0.1) is 0 Å². The standard InChI is InChI=1S/C12H12N4O2/c13-9-3-1-8(2-4-9)7-18-11-6-5-10(12(14)17)15-16-11/h1-6H,7,13H2,(H2,14,17). The predicted octanol–water partition coefficient (Wildman–Crippen LogP) is 0.737. The summed E-state index contributed by atoms with van der Waals surface area (Å²) in [7, 11) is 0. The summed E-state index contributed by atoms with van der Waals surface area (Å²) in [5.74, 6) is -0.288. The van der Waals surface area contributed by atoms with Crippen LogP contribution in [-0.4, -0.2) is 16.1 Å². The topological polar surface area (TPSA) is 104 Å². The molecule has 0 saturated carbocycles. The molecule has 0 radical (unpaired) electrons. The average molecular weight is 244 g/mol. The maximum atomic E-state index is 10.8. The first-order valence-electron chi connectivity index (χ1n) is 5.26. The molecule has 0 aliphatic carbocycles. The van der Waals surface area contributed by atoms with E-state index in [-0.39, 0.29) is 5.69 Å². The van der Waals surface area contributed by atoms with E-state index in [1.165, 1.54) is 6.07 Å². The Hall–Kier alpha value is -2.63. The smallest absolute Gasteiger partial charge is 0.269 e. The van der Waals surface area contributed by atoms with Crippen LogP contribution in [0, 0.1) is 0 Å². The SMILES string of the molecule is NC(=O)c1ccc(OCc2ccc(N)cc2)nn1. The van der Waals surface area contributed by atoms with E-state index < -0.39 is 5.91 Å². The van der Waals surface area contributed by atoms with Crippen molar-refractivity contribution in [3.63, 3.8) is 0 Å². The number of nitrogens with two attached hydrogens (primary N) is 2. The number of hydrogen-bond acceptors (Lipinski definition) is 5. The highest BCUT2D eigenvalue weighted by molar-refractivity contribution is 5.90. The van der Waals surface area contributed by atoms with Crippen molar-refractivity contribution < 1.29 is 9.53 Å². The Balaban J connectivity index is 1.97. The van der Waals surface area contributed by atoms with E-state index in [1.807, 2.05) is 12.1 Å². The molecular formula is C12H12N4O2. The van der Waals surface area contributed by atoms with Gasteiger partial charge in [-0.15, -0.1) is 10.2 Å². The Morgan fingerprint density at radius 3 is 2.39 bits per heavy atom. The van der Waals surface area contributed by atoms with Crippen LogP contribution in [0.25, 0.3) is 0 Å². The zero-order chi connectivity index (χ0) is 13.0. The molecule has 0 aliphatic rings. The van der Waals surface area contributed by atoms with Gasteiger partial charge < -0.3 is 16.2 Å². The Labute approximate surface area is 104 Å². The molecule has 1 aromatic heterocycles. The van der Waals surface area contributed by atoms with Crippen molar-refractivity contribution in [1.29, 1.82) is 0 Å². The van der Waals surface area contributed by atoms with Gasteiger partial charge >= 0.3 is 0 Å². The Bertz CT molecular complexity index is 537. The number of rotatable bonds is 4. The van der Waals surface area contributed by atoms with Gasteiger partial charge in [0.25, 0.3) is 5.91 Å². The Morgan fingerprint density at radius 1 is 1.11 bits per heavy atom. The van der Waals surface area contributed by atoms with Crippen LogP contribution in [0.1, 0.15) is 16.1 Å². The van der Waals surface area contributed by atoms with Gasteiger partial charge in [-0.25, -0.2) is 0 Å². The van der Waals surface area contributed by atoms with E-state index in [4.69, 9.17) is 16.2 Å². The minimum atomic E-state index is -0.618. The van der Waals surface area contributed by atoms with Gasteiger partial charge in [-0.3, -0.25) is 4.79 Å². The molecule has 0 unspecified atom stereocenters. The molecule has 92 valence electrons. The van der Waals surface area contributed by atoms with Crippen molar-refractivity contribution in [1.82, 2.24) is 10.2 Å². The highest BCUT2D eigenvalue weighted by Gasteiger charge is 2.03. The zero-order valence-corrected chi connectivity index (χ0v) is 9.54. The van der Waals surface area contributed by atoms with E-state index in [2.05, 4.69) is 10.2 Å². The van der Waals surface area contributed by atoms with E-state index in [9.17, 15) is 4.79 Å². The summed E-state index contributed by atoms with van der Waals surface area (Å²) < 4.78 is 5.40. The first-order chi connectivity index (χ1) is 8.65. The summed E-state index contributed by atoms with van der Waals surface area (Å²) in [4.78, 5) is 10.8. The number of primary amides is 1. The Kier molecular flexibility index (Phi) is 3.38. The molecule has 1 amide bonds. The third-order valence-corrected chi connectivity index (χ3v) is 2.26. The van der Waals surface area contributed by atoms with E-state index in [0.29, 0.717) is 18.2 Å². The second kappa shape index (κ2) is 5.13. The van der Waals surface area contributed by atoms with Crippen LogP contribution in [0.2, 0.25) is 0 Å². The van der Waals surface area contributed by atoms with Gasteiger partial charge in [-0.05, 0) is 23.8 Å². The lowest BCUT2D eigenvalue weighted by Gasteiger charge is -2.05. The second-order valence-corrected chi connectivity index (χ2v) is 3.65. The number of carbonyl (C=O) groups excluding carboxylic acids is 1. The van der Waals surface area contributed by atoms with Crippen molar-refractivity contribution >= 4 is 11.6 Å². The fourth-order valence-corrected chi connectivity index (χ4v) is 1.30. The fourth-order valence-electron chi connectivity index (χ4n) is 1.30. The zero-order valence-electron chi connectivity index (χ0n) is 9.54. The number of carbonyl (C=O) groups is 1. The summed E-state index contributed by atoms with van der Waals surface area (Å²) in [5.41, 5.74) is 12.4. The van der Waals surface area contributed by atoms with Crippen LogP contribution >= 0.6 is 0 Å². The van der Waals surface area contributed by atoms with Crippen molar-refractivity contribution in [2.75, 3.05) is 5.73 Å². The number of amides is 1. The van der Waals surface area contributed by atoms with Gasteiger partial charge in [-0.1, -0.05) is 12.1 Å². The first-order valence-corrected chi connectivity index (χ1v) is 5.26. The van der Waals surface area contributed by atoms with Crippen LogP contribution in [0.5, 0.6) is 5.88 Å². The number of hydrogen-bond donors (Lipinski definition) is 2. The van der Waals surface area contributed by atoms with Gasteiger partial charge in [0.15, 0.2) is 5.69 Å². The molecule has 18 heavy (non-hydrogen) atoms. The second-order valence-electron chi connectivity index (χ2n) is 3.65. The lowest BCUT2D eigenvalue weighted by Crippen LogP contribution is -2.13. The van der Waals surface area contributed by atoms with Crippen molar-refractivity contribution in [3.8, 4) is 5.88 Å². The van der Waals surface area contributed by atoms with Gasteiger partial charge in [0.1, 0.15) is 6.61 Å². The Morgan fingerprint density at radius 2 is 1.83 bits per heavy atom. The molecule has 0 bridgehead atoms. The number of anilines is 1. The summed E-state index contributed by atoms with van der Waals surface area (Å²) in [6.07, 6.45) is 0. The molecule has 0 atom stereocenters. The van der Waals surface area contributed by atoms with Gasteiger partial charge in [0, 0.05) is 11.8 Å². The molecule has 6 nitrogen and oxygen atoms in total. The fraction of sp³-hybridized carbons (Fsp3) is 0.0833. The molecule has 0 aliphatic heterocycles. The normalized spacial score (nSPS) is 10.0. The largest absolute Gasteiger partial charge is 0.472 e. The molecular weight excluding hydrogens is 232 g/mol. The maximum absolute atomic E-state index is 10.8. The summed E-state index contributed by atoms with van der Waals surface area (Å²) in [6, 6.07) is 10.3. The molecule has 2 aromatic rings. The van der Waals surface area contributed by atoms with Crippen LogP contribution in [0.15, 0.2) is 36.4 Å². The van der Waals surface area contributed by atoms with Gasteiger partial charge in [-0.2, -0.15) is 0 Å². The highest BCUT2D eigenvalue weighted by Crippen LogP contribution is 2.10. The first kappa shape index (κ1) is 11.8. The van der Waals surface area contributed by atoms with E-state index in [0.717, 1.165) is 5.56 Å².